The highest BCUT2D eigenvalue weighted by molar-refractivity contribution is 5.08. The smallest absolute Gasteiger partial charge is 0.0657 e. The van der Waals surface area contributed by atoms with Gasteiger partial charge in [-0.2, -0.15) is 5.10 Å². The molecular formula is C15H28N4. The van der Waals surface area contributed by atoms with E-state index in [0.717, 1.165) is 5.92 Å². The van der Waals surface area contributed by atoms with Crippen molar-refractivity contribution in [2.24, 2.45) is 30.1 Å². The molecule has 3 N–H and O–H groups in total. The molecule has 0 saturated heterocycles. The first kappa shape index (κ1) is 14.5. The molecule has 4 heteroatoms. The first-order chi connectivity index (χ1) is 8.93. The van der Waals surface area contributed by atoms with Crippen molar-refractivity contribution in [1.29, 1.82) is 0 Å². The van der Waals surface area contributed by atoms with Gasteiger partial charge in [0.1, 0.15) is 0 Å². The summed E-state index contributed by atoms with van der Waals surface area (Å²) >= 11 is 0. The van der Waals surface area contributed by atoms with Gasteiger partial charge in [0.2, 0.25) is 0 Å². The van der Waals surface area contributed by atoms with Gasteiger partial charge in [0, 0.05) is 13.2 Å². The Morgan fingerprint density at radius 1 is 1.32 bits per heavy atom. The Balaban J connectivity index is 2.02. The average molecular weight is 264 g/mol. The topological polar surface area (TPSA) is 55.9 Å². The molecule has 1 fully saturated rings. The molecule has 0 radical (unpaired) electrons. The number of nitrogens with two attached hydrogens (primary N) is 1. The Morgan fingerprint density at radius 3 is 2.37 bits per heavy atom. The fourth-order valence-corrected chi connectivity index (χ4v) is 3.47. The highest BCUT2D eigenvalue weighted by Crippen LogP contribution is 2.43. The van der Waals surface area contributed by atoms with Crippen LogP contribution in [0, 0.1) is 17.3 Å². The summed E-state index contributed by atoms with van der Waals surface area (Å²) in [6, 6.07) is 2.30. The van der Waals surface area contributed by atoms with Crippen LogP contribution >= 0.6 is 0 Å². The van der Waals surface area contributed by atoms with Gasteiger partial charge in [-0.05, 0) is 49.0 Å². The maximum absolute atomic E-state index is 5.79. The molecule has 19 heavy (non-hydrogen) atoms. The Bertz CT molecular complexity index is 397. The van der Waals surface area contributed by atoms with Gasteiger partial charge in [-0.25, -0.2) is 0 Å². The Kier molecular flexibility index (Phi) is 4.31. The number of aromatic nitrogens is 2. The molecule has 0 aliphatic heterocycles. The molecule has 1 heterocycles. The monoisotopic (exact) mass is 264 g/mol. The predicted molar refractivity (Wildman–Crippen MR) is 78.2 cm³/mol. The standard InChI is InChI=1S/C15H28N4/c1-15(2,3)12-7-5-11(6-8-12)14(18-16)13-9-10-17-19(13)4/h9-12,14,18H,5-8,16H2,1-4H3. The lowest BCUT2D eigenvalue weighted by Crippen LogP contribution is -2.37. The van der Waals surface area contributed by atoms with Gasteiger partial charge in [-0.3, -0.25) is 16.0 Å². The number of nitrogens with zero attached hydrogens (tertiary/aromatic N) is 2. The van der Waals surface area contributed by atoms with Crippen LogP contribution in [0.15, 0.2) is 12.3 Å². The molecule has 1 unspecified atom stereocenters. The maximum Gasteiger partial charge on any atom is 0.0657 e. The first-order valence-corrected chi connectivity index (χ1v) is 7.37. The molecule has 4 nitrogen and oxygen atoms in total. The van der Waals surface area contributed by atoms with Crippen molar-refractivity contribution in [3.05, 3.63) is 18.0 Å². The molecular weight excluding hydrogens is 236 g/mol. The second kappa shape index (κ2) is 5.63. The number of hydrogen-bond acceptors (Lipinski definition) is 3. The van der Waals surface area contributed by atoms with Crippen molar-refractivity contribution >= 4 is 0 Å². The number of hydrazine groups is 1. The van der Waals surface area contributed by atoms with Crippen LogP contribution in [0.4, 0.5) is 0 Å². The molecule has 2 rings (SSSR count). The van der Waals surface area contributed by atoms with Gasteiger partial charge in [0.15, 0.2) is 0 Å². The minimum Gasteiger partial charge on any atom is -0.271 e. The molecule has 1 aromatic heterocycles. The highest BCUT2D eigenvalue weighted by Gasteiger charge is 2.33. The maximum atomic E-state index is 5.79. The SMILES string of the molecule is Cn1nccc1C(NN)C1CCC(C(C)(C)C)CC1. The second-order valence-electron chi connectivity index (χ2n) is 7.00. The van der Waals surface area contributed by atoms with E-state index in [1.807, 2.05) is 17.9 Å². The average Bonchev–Trinajstić information content (AvgIpc) is 2.76. The summed E-state index contributed by atoms with van der Waals surface area (Å²) in [4.78, 5) is 0. The molecule has 0 aromatic carbocycles. The molecule has 0 spiro atoms. The van der Waals surface area contributed by atoms with Crippen molar-refractivity contribution in [1.82, 2.24) is 15.2 Å². The van der Waals surface area contributed by atoms with Gasteiger partial charge < -0.3 is 0 Å². The van der Waals surface area contributed by atoms with E-state index < -0.39 is 0 Å². The summed E-state index contributed by atoms with van der Waals surface area (Å²) < 4.78 is 1.93. The second-order valence-corrected chi connectivity index (χ2v) is 7.00. The zero-order chi connectivity index (χ0) is 14.0. The van der Waals surface area contributed by atoms with Crippen LogP contribution in [0.5, 0.6) is 0 Å². The van der Waals surface area contributed by atoms with Gasteiger partial charge in [-0.15, -0.1) is 0 Å². The van der Waals surface area contributed by atoms with Crippen molar-refractivity contribution in [3.8, 4) is 0 Å². The molecule has 108 valence electrons. The molecule has 0 amide bonds. The van der Waals surface area contributed by atoms with Crippen LogP contribution in [0.3, 0.4) is 0 Å². The zero-order valence-electron chi connectivity index (χ0n) is 12.7. The van der Waals surface area contributed by atoms with E-state index in [-0.39, 0.29) is 6.04 Å². The summed E-state index contributed by atoms with van der Waals surface area (Å²) in [5.74, 6) is 7.26. The molecule has 1 saturated carbocycles. The summed E-state index contributed by atoms with van der Waals surface area (Å²) in [6.07, 6.45) is 6.97. The van der Waals surface area contributed by atoms with E-state index in [0.29, 0.717) is 11.3 Å². The number of nitrogens with one attached hydrogen (secondary N) is 1. The van der Waals surface area contributed by atoms with Crippen LogP contribution in [0.2, 0.25) is 0 Å². The van der Waals surface area contributed by atoms with Gasteiger partial charge in [0.05, 0.1) is 11.7 Å². The van der Waals surface area contributed by atoms with Crippen molar-refractivity contribution < 1.29 is 0 Å². The fourth-order valence-electron chi connectivity index (χ4n) is 3.47. The van der Waals surface area contributed by atoms with E-state index in [9.17, 15) is 0 Å². The van der Waals surface area contributed by atoms with Crippen LogP contribution in [-0.2, 0) is 7.05 Å². The summed E-state index contributed by atoms with van der Waals surface area (Å²) in [5, 5.41) is 4.26. The third-order valence-corrected chi connectivity index (χ3v) is 4.83. The molecule has 1 atom stereocenters. The largest absolute Gasteiger partial charge is 0.271 e. The minimum atomic E-state index is 0.230. The third-order valence-electron chi connectivity index (χ3n) is 4.83. The van der Waals surface area contributed by atoms with Crippen LogP contribution in [0.1, 0.15) is 58.2 Å². The van der Waals surface area contributed by atoms with Crippen molar-refractivity contribution in [3.63, 3.8) is 0 Å². The lowest BCUT2D eigenvalue weighted by Gasteiger charge is -2.39. The number of hydrogen-bond donors (Lipinski definition) is 2. The minimum absolute atomic E-state index is 0.230. The van der Waals surface area contributed by atoms with E-state index in [2.05, 4.69) is 37.4 Å². The van der Waals surface area contributed by atoms with E-state index >= 15 is 0 Å². The highest BCUT2D eigenvalue weighted by atomic mass is 15.3. The Labute approximate surface area is 116 Å². The van der Waals surface area contributed by atoms with Gasteiger partial charge >= 0.3 is 0 Å². The number of rotatable bonds is 3. The van der Waals surface area contributed by atoms with E-state index in [1.54, 1.807) is 0 Å². The van der Waals surface area contributed by atoms with Gasteiger partial charge in [0.25, 0.3) is 0 Å². The van der Waals surface area contributed by atoms with E-state index in [4.69, 9.17) is 5.84 Å². The zero-order valence-corrected chi connectivity index (χ0v) is 12.7. The normalized spacial score (nSPS) is 26.4. The molecule has 1 aliphatic carbocycles. The lowest BCUT2D eigenvalue weighted by atomic mass is 9.68. The Morgan fingerprint density at radius 2 is 1.95 bits per heavy atom. The summed E-state index contributed by atoms with van der Waals surface area (Å²) in [6.45, 7) is 7.08. The number of aryl methyl sites for hydroxylation is 1. The van der Waals surface area contributed by atoms with Crippen LogP contribution in [-0.4, -0.2) is 9.78 Å². The van der Waals surface area contributed by atoms with E-state index in [1.165, 1.54) is 31.4 Å². The lowest BCUT2D eigenvalue weighted by molar-refractivity contribution is 0.131. The summed E-state index contributed by atoms with van der Waals surface area (Å²) in [7, 11) is 1.99. The molecule has 1 aliphatic rings. The van der Waals surface area contributed by atoms with Crippen molar-refractivity contribution in [2.75, 3.05) is 0 Å². The Hall–Kier alpha value is -0.870. The molecule has 0 bridgehead atoms. The summed E-state index contributed by atoms with van der Waals surface area (Å²) in [5.41, 5.74) is 4.64. The van der Waals surface area contributed by atoms with Crippen molar-refractivity contribution in [2.45, 2.75) is 52.5 Å². The third kappa shape index (κ3) is 3.18. The van der Waals surface area contributed by atoms with Crippen LogP contribution < -0.4 is 11.3 Å². The van der Waals surface area contributed by atoms with Crippen LogP contribution in [0.25, 0.3) is 0 Å². The quantitative estimate of drug-likeness (QED) is 0.652. The first-order valence-electron chi connectivity index (χ1n) is 7.37. The van der Waals surface area contributed by atoms with Gasteiger partial charge in [-0.1, -0.05) is 20.8 Å². The molecule has 1 aromatic rings. The fraction of sp³-hybridized carbons (Fsp3) is 0.800. The predicted octanol–water partition coefficient (Wildman–Crippen LogP) is 2.78.